The van der Waals surface area contributed by atoms with Crippen molar-refractivity contribution >= 4 is 0 Å². The SMILES string of the molecule is N#CCc1cc2c(cc1C(F)(F)F)OCCO2. The molecule has 0 bridgehead atoms. The zero-order valence-corrected chi connectivity index (χ0v) is 8.67. The third-order valence-corrected chi connectivity index (χ3v) is 2.34. The first-order chi connectivity index (χ1) is 8.02. The van der Waals surface area contributed by atoms with Crippen LogP contribution in [-0.2, 0) is 12.6 Å². The van der Waals surface area contributed by atoms with Gasteiger partial charge >= 0.3 is 6.18 Å². The van der Waals surface area contributed by atoms with Crippen molar-refractivity contribution in [1.82, 2.24) is 0 Å². The molecule has 0 fully saturated rings. The summed E-state index contributed by atoms with van der Waals surface area (Å²) >= 11 is 0. The Balaban J connectivity index is 2.53. The first-order valence-electron chi connectivity index (χ1n) is 4.89. The van der Waals surface area contributed by atoms with E-state index in [1.54, 1.807) is 6.07 Å². The van der Waals surface area contributed by atoms with E-state index in [4.69, 9.17) is 14.7 Å². The van der Waals surface area contributed by atoms with Gasteiger partial charge in [-0.2, -0.15) is 18.4 Å². The summed E-state index contributed by atoms with van der Waals surface area (Å²) < 4.78 is 48.5. The van der Waals surface area contributed by atoms with Crippen molar-refractivity contribution in [3.8, 4) is 17.6 Å². The molecule has 1 aliphatic rings. The minimum Gasteiger partial charge on any atom is -0.486 e. The number of alkyl halides is 3. The van der Waals surface area contributed by atoms with Crippen LogP contribution in [0.3, 0.4) is 0 Å². The molecule has 0 atom stereocenters. The number of ether oxygens (including phenoxy) is 2. The number of benzene rings is 1. The average Bonchev–Trinajstić information content (AvgIpc) is 2.27. The van der Waals surface area contributed by atoms with Crippen LogP contribution in [0.25, 0.3) is 0 Å². The average molecular weight is 243 g/mol. The quantitative estimate of drug-likeness (QED) is 0.761. The Morgan fingerprint density at radius 1 is 1.18 bits per heavy atom. The minimum absolute atomic E-state index is 0.0743. The molecule has 1 heterocycles. The minimum atomic E-state index is -4.50. The fourth-order valence-corrected chi connectivity index (χ4v) is 1.63. The zero-order chi connectivity index (χ0) is 12.5. The summed E-state index contributed by atoms with van der Waals surface area (Å²) in [7, 11) is 0. The van der Waals surface area contributed by atoms with Crippen molar-refractivity contribution in [2.75, 3.05) is 13.2 Å². The monoisotopic (exact) mass is 243 g/mol. The Hall–Kier alpha value is -1.90. The van der Waals surface area contributed by atoms with E-state index in [1.807, 2.05) is 0 Å². The number of fused-ring (bicyclic) bond motifs is 1. The summed E-state index contributed by atoms with van der Waals surface area (Å²) in [6.45, 7) is 0.520. The van der Waals surface area contributed by atoms with Crippen LogP contribution in [0, 0.1) is 11.3 Å². The van der Waals surface area contributed by atoms with Crippen molar-refractivity contribution in [1.29, 1.82) is 5.26 Å². The molecule has 0 N–H and O–H groups in total. The highest BCUT2D eigenvalue weighted by Crippen LogP contribution is 2.40. The van der Waals surface area contributed by atoms with Crippen LogP contribution in [-0.4, -0.2) is 13.2 Å². The largest absolute Gasteiger partial charge is 0.486 e. The first-order valence-corrected chi connectivity index (χ1v) is 4.89. The molecule has 0 amide bonds. The highest BCUT2D eigenvalue weighted by Gasteiger charge is 2.35. The van der Waals surface area contributed by atoms with Crippen LogP contribution in [0.5, 0.6) is 11.5 Å². The summed E-state index contributed by atoms with van der Waals surface area (Å²) in [5, 5.41) is 8.52. The van der Waals surface area contributed by atoms with Gasteiger partial charge in [0.25, 0.3) is 0 Å². The molecule has 6 heteroatoms. The standard InChI is InChI=1S/C11H8F3NO2/c12-11(13,14)8-6-10-9(16-3-4-17-10)5-7(8)1-2-15/h5-6H,1,3-4H2. The Bertz CT molecular complexity index is 477. The maximum Gasteiger partial charge on any atom is 0.416 e. The van der Waals surface area contributed by atoms with Gasteiger partial charge in [-0.05, 0) is 17.7 Å². The van der Waals surface area contributed by atoms with E-state index >= 15 is 0 Å². The second-order valence-electron chi connectivity index (χ2n) is 3.49. The van der Waals surface area contributed by atoms with Crippen LogP contribution in [0.2, 0.25) is 0 Å². The van der Waals surface area contributed by atoms with Gasteiger partial charge in [-0.3, -0.25) is 0 Å². The first kappa shape index (κ1) is 11.6. The molecule has 0 saturated carbocycles. The van der Waals surface area contributed by atoms with E-state index in [9.17, 15) is 13.2 Å². The van der Waals surface area contributed by atoms with Gasteiger partial charge < -0.3 is 9.47 Å². The van der Waals surface area contributed by atoms with Crippen LogP contribution in [0.1, 0.15) is 11.1 Å². The maximum absolute atomic E-state index is 12.7. The number of hydrogen-bond acceptors (Lipinski definition) is 3. The van der Waals surface area contributed by atoms with E-state index in [2.05, 4.69) is 0 Å². The Kier molecular flexibility index (Phi) is 2.84. The fraction of sp³-hybridized carbons (Fsp3) is 0.364. The second-order valence-corrected chi connectivity index (χ2v) is 3.49. The number of nitrogens with zero attached hydrogens (tertiary/aromatic N) is 1. The van der Waals surface area contributed by atoms with Crippen molar-refractivity contribution in [2.45, 2.75) is 12.6 Å². The third-order valence-electron chi connectivity index (χ3n) is 2.34. The maximum atomic E-state index is 12.7. The second kappa shape index (κ2) is 4.17. The van der Waals surface area contributed by atoms with Crippen molar-refractivity contribution in [3.63, 3.8) is 0 Å². The van der Waals surface area contributed by atoms with Crippen LogP contribution in [0.15, 0.2) is 12.1 Å². The van der Waals surface area contributed by atoms with Crippen LogP contribution >= 0.6 is 0 Å². The van der Waals surface area contributed by atoms with E-state index in [-0.39, 0.29) is 30.1 Å². The number of rotatable bonds is 1. The molecule has 0 spiro atoms. The van der Waals surface area contributed by atoms with Gasteiger partial charge in [-0.25, -0.2) is 0 Å². The molecular formula is C11H8F3NO2. The Morgan fingerprint density at radius 2 is 1.76 bits per heavy atom. The number of hydrogen-bond donors (Lipinski definition) is 0. The molecule has 2 rings (SSSR count). The lowest BCUT2D eigenvalue weighted by atomic mass is 10.0. The highest BCUT2D eigenvalue weighted by molar-refractivity contribution is 5.49. The predicted molar refractivity (Wildman–Crippen MR) is 51.8 cm³/mol. The van der Waals surface area contributed by atoms with Gasteiger partial charge in [0.15, 0.2) is 11.5 Å². The number of nitriles is 1. The van der Waals surface area contributed by atoms with Crippen molar-refractivity contribution in [3.05, 3.63) is 23.3 Å². The summed E-state index contributed by atoms with van der Waals surface area (Å²) in [6, 6.07) is 3.82. The lowest BCUT2D eigenvalue weighted by Gasteiger charge is -2.21. The number of halogens is 3. The van der Waals surface area contributed by atoms with Crippen LogP contribution < -0.4 is 9.47 Å². The lowest BCUT2D eigenvalue weighted by Crippen LogP contribution is -2.17. The van der Waals surface area contributed by atoms with Gasteiger partial charge in [-0.1, -0.05) is 0 Å². The molecule has 0 unspecified atom stereocenters. The molecule has 1 aromatic carbocycles. The molecular weight excluding hydrogens is 235 g/mol. The summed E-state index contributed by atoms with van der Waals surface area (Å²) in [6.07, 6.45) is -4.81. The zero-order valence-electron chi connectivity index (χ0n) is 8.67. The Labute approximate surface area is 95.4 Å². The topological polar surface area (TPSA) is 42.2 Å². The summed E-state index contributed by atoms with van der Waals surface area (Å²) in [4.78, 5) is 0. The van der Waals surface area contributed by atoms with Gasteiger partial charge in [0.2, 0.25) is 0 Å². The van der Waals surface area contributed by atoms with Gasteiger partial charge in [0.1, 0.15) is 13.2 Å². The molecule has 17 heavy (non-hydrogen) atoms. The fourth-order valence-electron chi connectivity index (χ4n) is 1.63. The molecule has 3 nitrogen and oxygen atoms in total. The molecule has 0 radical (unpaired) electrons. The van der Waals surface area contributed by atoms with E-state index in [0.717, 1.165) is 6.07 Å². The summed E-state index contributed by atoms with van der Waals surface area (Å²) in [5.74, 6) is 0.333. The predicted octanol–water partition coefficient (Wildman–Crippen LogP) is 2.54. The van der Waals surface area contributed by atoms with E-state index in [0.29, 0.717) is 6.61 Å². The van der Waals surface area contributed by atoms with Crippen LogP contribution in [0.4, 0.5) is 13.2 Å². The Morgan fingerprint density at radius 3 is 2.29 bits per heavy atom. The lowest BCUT2D eigenvalue weighted by molar-refractivity contribution is -0.138. The normalized spacial score (nSPS) is 14.2. The highest BCUT2D eigenvalue weighted by atomic mass is 19.4. The molecule has 0 aliphatic carbocycles. The van der Waals surface area contributed by atoms with Crippen molar-refractivity contribution in [2.24, 2.45) is 0 Å². The molecule has 1 aliphatic heterocycles. The summed E-state index contributed by atoms with van der Waals surface area (Å²) in [5.41, 5.74) is -0.937. The smallest absolute Gasteiger partial charge is 0.416 e. The van der Waals surface area contributed by atoms with Gasteiger partial charge in [0.05, 0.1) is 18.1 Å². The van der Waals surface area contributed by atoms with Gasteiger partial charge in [0, 0.05) is 0 Å². The van der Waals surface area contributed by atoms with E-state index < -0.39 is 11.7 Å². The van der Waals surface area contributed by atoms with E-state index in [1.165, 1.54) is 6.07 Å². The van der Waals surface area contributed by atoms with Gasteiger partial charge in [-0.15, -0.1) is 0 Å². The molecule has 1 aromatic rings. The molecule has 0 aromatic heterocycles. The third kappa shape index (κ3) is 2.28. The van der Waals surface area contributed by atoms with Crippen molar-refractivity contribution < 1.29 is 22.6 Å². The molecule has 0 saturated heterocycles. The molecule has 90 valence electrons.